The first-order valence-electron chi connectivity index (χ1n) is 7.26. The predicted octanol–water partition coefficient (Wildman–Crippen LogP) is 3.20. The summed E-state index contributed by atoms with van der Waals surface area (Å²) in [6.07, 6.45) is 1.40. The Bertz CT molecular complexity index is 893. The molecular weight excluding hydrogens is 330 g/mol. The van der Waals surface area contributed by atoms with E-state index in [1.165, 1.54) is 18.3 Å². The molecule has 0 amide bonds. The van der Waals surface area contributed by atoms with Crippen molar-refractivity contribution in [2.45, 2.75) is 0 Å². The number of halogens is 1. The highest BCUT2D eigenvalue weighted by molar-refractivity contribution is 6.36. The molecule has 2 N–H and O–H groups in total. The van der Waals surface area contributed by atoms with Gasteiger partial charge in [-0.25, -0.2) is 0 Å². The van der Waals surface area contributed by atoms with Gasteiger partial charge in [0.25, 0.3) is 0 Å². The molecular formula is C18H14ClNO4. The number of rotatable bonds is 5. The minimum Gasteiger partial charge on any atom is -0.508 e. The summed E-state index contributed by atoms with van der Waals surface area (Å²) in [5.41, 5.74) is 1.28. The molecule has 1 heterocycles. The number of fused-ring (bicyclic) bond motifs is 1. The quantitative estimate of drug-likeness (QED) is 0.695. The summed E-state index contributed by atoms with van der Waals surface area (Å²) in [7, 11) is 0. The van der Waals surface area contributed by atoms with Gasteiger partial charge in [-0.2, -0.15) is 0 Å². The maximum Gasteiger partial charge on any atom is 0.195 e. The Balaban J connectivity index is 2.00. The van der Waals surface area contributed by atoms with Crippen LogP contribution in [-0.2, 0) is 0 Å². The maximum atomic E-state index is 12.8. The molecule has 3 aromatic rings. The third-order valence-corrected chi connectivity index (χ3v) is 3.80. The molecule has 0 fully saturated rings. The summed E-state index contributed by atoms with van der Waals surface area (Å²) >= 11 is 6.19. The fourth-order valence-electron chi connectivity index (χ4n) is 2.40. The Kier molecular flexibility index (Phi) is 4.64. The van der Waals surface area contributed by atoms with Crippen molar-refractivity contribution in [3.63, 3.8) is 0 Å². The largest absolute Gasteiger partial charge is 0.508 e. The van der Waals surface area contributed by atoms with E-state index in [1.807, 2.05) is 0 Å². The number of carbonyl (C=O) groups is 1. The van der Waals surface area contributed by atoms with Crippen molar-refractivity contribution in [3.8, 4) is 11.5 Å². The standard InChI is InChI=1S/C18H14ClNO4/c19-15-10-20-16-9-12(22)3-6-14(16)17(15)18(23)11-1-4-13(5-2-11)24-8-7-21/h1-6,9-10,21-22H,7-8H2. The third kappa shape index (κ3) is 3.18. The average molecular weight is 344 g/mol. The SMILES string of the molecule is O=C(c1ccc(OCCO)cc1)c1c(Cl)cnc2cc(O)ccc12. The first-order valence-corrected chi connectivity index (χ1v) is 7.63. The van der Waals surface area contributed by atoms with Gasteiger partial charge in [0, 0.05) is 23.2 Å². The van der Waals surface area contributed by atoms with E-state index in [4.69, 9.17) is 21.4 Å². The van der Waals surface area contributed by atoms with Gasteiger partial charge in [-0.3, -0.25) is 9.78 Å². The van der Waals surface area contributed by atoms with E-state index in [0.29, 0.717) is 27.8 Å². The van der Waals surface area contributed by atoms with Gasteiger partial charge in [-0.05, 0) is 36.4 Å². The third-order valence-electron chi connectivity index (χ3n) is 3.51. The second kappa shape index (κ2) is 6.86. The smallest absolute Gasteiger partial charge is 0.195 e. The summed E-state index contributed by atoms with van der Waals surface area (Å²) in [5.74, 6) is 0.393. The van der Waals surface area contributed by atoms with E-state index in [-0.39, 0.29) is 29.8 Å². The number of aromatic hydroxyl groups is 1. The Labute approximate surface area is 143 Å². The van der Waals surface area contributed by atoms with Crippen molar-refractivity contribution in [1.82, 2.24) is 4.98 Å². The number of nitrogens with zero attached hydrogens (tertiary/aromatic N) is 1. The number of aliphatic hydroxyl groups is 1. The highest BCUT2D eigenvalue weighted by Gasteiger charge is 2.17. The molecule has 24 heavy (non-hydrogen) atoms. The molecule has 0 saturated heterocycles. The molecule has 0 unspecified atom stereocenters. The lowest BCUT2D eigenvalue weighted by Crippen LogP contribution is -2.05. The van der Waals surface area contributed by atoms with Gasteiger partial charge < -0.3 is 14.9 Å². The van der Waals surface area contributed by atoms with Crippen LogP contribution in [0.3, 0.4) is 0 Å². The topological polar surface area (TPSA) is 79.7 Å². The van der Waals surface area contributed by atoms with Crippen LogP contribution < -0.4 is 4.74 Å². The average Bonchev–Trinajstić information content (AvgIpc) is 2.60. The number of hydrogen-bond acceptors (Lipinski definition) is 5. The van der Waals surface area contributed by atoms with Crippen LogP contribution in [0.5, 0.6) is 11.5 Å². The first kappa shape index (κ1) is 16.2. The molecule has 0 aliphatic rings. The molecule has 0 saturated carbocycles. The molecule has 5 nitrogen and oxygen atoms in total. The summed E-state index contributed by atoms with van der Waals surface area (Å²) in [5, 5.41) is 19.1. The van der Waals surface area contributed by atoms with Gasteiger partial charge >= 0.3 is 0 Å². The molecule has 0 spiro atoms. The fraction of sp³-hybridized carbons (Fsp3) is 0.111. The van der Waals surface area contributed by atoms with Crippen molar-refractivity contribution >= 4 is 28.3 Å². The van der Waals surface area contributed by atoms with E-state index in [0.717, 1.165) is 0 Å². The van der Waals surface area contributed by atoms with Crippen molar-refractivity contribution in [2.24, 2.45) is 0 Å². The van der Waals surface area contributed by atoms with Crippen molar-refractivity contribution in [2.75, 3.05) is 13.2 Å². The van der Waals surface area contributed by atoms with Crippen LogP contribution in [0.2, 0.25) is 5.02 Å². The maximum absolute atomic E-state index is 12.8. The van der Waals surface area contributed by atoms with Crippen LogP contribution in [0.15, 0.2) is 48.7 Å². The number of phenolic OH excluding ortho intramolecular Hbond substituents is 1. The number of benzene rings is 2. The van der Waals surface area contributed by atoms with Gasteiger partial charge in [0.2, 0.25) is 0 Å². The molecule has 0 radical (unpaired) electrons. The molecule has 0 bridgehead atoms. The van der Waals surface area contributed by atoms with Gasteiger partial charge in [0.1, 0.15) is 18.1 Å². The predicted molar refractivity (Wildman–Crippen MR) is 90.9 cm³/mol. The highest BCUT2D eigenvalue weighted by Crippen LogP contribution is 2.29. The van der Waals surface area contributed by atoms with E-state index in [9.17, 15) is 9.90 Å². The molecule has 3 rings (SSSR count). The number of phenols is 1. The zero-order valence-electron chi connectivity index (χ0n) is 12.6. The molecule has 2 aromatic carbocycles. The summed E-state index contributed by atoms with van der Waals surface area (Å²) in [6.45, 7) is 0.115. The molecule has 0 atom stereocenters. The number of pyridine rings is 1. The second-order valence-electron chi connectivity index (χ2n) is 5.11. The van der Waals surface area contributed by atoms with Crippen LogP contribution in [-0.4, -0.2) is 34.2 Å². The monoisotopic (exact) mass is 343 g/mol. The zero-order valence-corrected chi connectivity index (χ0v) is 13.3. The van der Waals surface area contributed by atoms with Crippen molar-refractivity contribution in [3.05, 3.63) is 64.8 Å². The Hall–Kier alpha value is -2.63. The van der Waals surface area contributed by atoms with Gasteiger partial charge in [-0.15, -0.1) is 0 Å². The van der Waals surface area contributed by atoms with E-state index in [1.54, 1.807) is 30.3 Å². The number of carbonyl (C=O) groups excluding carboxylic acids is 1. The van der Waals surface area contributed by atoms with Crippen LogP contribution in [0.4, 0.5) is 0 Å². The fourth-order valence-corrected chi connectivity index (χ4v) is 2.64. The Morgan fingerprint density at radius 2 is 1.92 bits per heavy atom. The number of ketones is 1. The van der Waals surface area contributed by atoms with Crippen LogP contribution in [0.1, 0.15) is 15.9 Å². The van der Waals surface area contributed by atoms with Gasteiger partial charge in [0.05, 0.1) is 22.7 Å². The Morgan fingerprint density at radius 3 is 2.62 bits per heavy atom. The van der Waals surface area contributed by atoms with Gasteiger partial charge in [-0.1, -0.05) is 11.6 Å². The lowest BCUT2D eigenvalue weighted by atomic mass is 9.99. The number of aliphatic hydroxyl groups excluding tert-OH is 1. The van der Waals surface area contributed by atoms with E-state index in [2.05, 4.69) is 4.98 Å². The Morgan fingerprint density at radius 1 is 1.17 bits per heavy atom. The molecule has 6 heteroatoms. The molecule has 1 aromatic heterocycles. The number of aromatic nitrogens is 1. The van der Waals surface area contributed by atoms with Crippen molar-refractivity contribution < 1.29 is 19.7 Å². The van der Waals surface area contributed by atoms with Gasteiger partial charge in [0.15, 0.2) is 5.78 Å². The minimum atomic E-state index is -0.244. The van der Waals surface area contributed by atoms with Crippen LogP contribution in [0, 0.1) is 0 Å². The minimum absolute atomic E-state index is 0.0705. The highest BCUT2D eigenvalue weighted by atomic mass is 35.5. The molecule has 0 aliphatic heterocycles. The summed E-state index contributed by atoms with van der Waals surface area (Å²) in [6, 6.07) is 11.2. The number of hydrogen-bond donors (Lipinski definition) is 2. The zero-order chi connectivity index (χ0) is 17.1. The second-order valence-corrected chi connectivity index (χ2v) is 5.52. The van der Waals surface area contributed by atoms with Crippen LogP contribution in [0.25, 0.3) is 10.9 Å². The van der Waals surface area contributed by atoms with Crippen molar-refractivity contribution in [1.29, 1.82) is 0 Å². The lowest BCUT2D eigenvalue weighted by Gasteiger charge is -2.09. The summed E-state index contributed by atoms with van der Waals surface area (Å²) < 4.78 is 5.28. The normalized spacial score (nSPS) is 10.8. The lowest BCUT2D eigenvalue weighted by molar-refractivity contribution is 0.104. The molecule has 0 aliphatic carbocycles. The van der Waals surface area contributed by atoms with Crippen LogP contribution >= 0.6 is 11.6 Å². The molecule has 122 valence electrons. The summed E-state index contributed by atoms with van der Waals surface area (Å²) in [4.78, 5) is 17.0. The van der Waals surface area contributed by atoms with E-state index < -0.39 is 0 Å². The van der Waals surface area contributed by atoms with E-state index >= 15 is 0 Å². The first-order chi connectivity index (χ1) is 11.6. The number of ether oxygens (including phenoxy) is 1.